The van der Waals surface area contributed by atoms with Crippen molar-refractivity contribution >= 4 is 21.8 Å². The summed E-state index contributed by atoms with van der Waals surface area (Å²) in [7, 11) is -0.116. The van der Waals surface area contributed by atoms with Crippen LogP contribution >= 0.6 is 0 Å². The maximum atomic E-state index is 13.4. The van der Waals surface area contributed by atoms with E-state index < -0.39 is 27.0 Å². The summed E-state index contributed by atoms with van der Waals surface area (Å²) >= 11 is 0. The average molecular weight is 417 g/mol. The van der Waals surface area contributed by atoms with Gasteiger partial charge in [-0.25, -0.2) is 8.42 Å². The smallest absolute Gasteiger partial charge is 0.321 e. The number of esters is 1. The van der Waals surface area contributed by atoms with Crippen LogP contribution < -0.4 is 0 Å². The van der Waals surface area contributed by atoms with Gasteiger partial charge in [-0.3, -0.25) is 9.59 Å². The van der Waals surface area contributed by atoms with Gasteiger partial charge in [0.2, 0.25) is 10.0 Å². The minimum absolute atomic E-state index is 0.0575. The van der Waals surface area contributed by atoms with E-state index in [4.69, 9.17) is 4.74 Å². The molecule has 2 aliphatic rings. The number of fused-ring (bicyclic) bond motifs is 2. The molecule has 2 aliphatic carbocycles. The van der Waals surface area contributed by atoms with Gasteiger partial charge in [0, 0.05) is 24.9 Å². The molecule has 0 aromatic heterocycles. The van der Waals surface area contributed by atoms with Gasteiger partial charge in [0.05, 0.1) is 5.75 Å². The zero-order valence-electron chi connectivity index (χ0n) is 18.4. The van der Waals surface area contributed by atoms with Gasteiger partial charge in [0.1, 0.15) is 17.9 Å². The van der Waals surface area contributed by atoms with Crippen molar-refractivity contribution in [2.45, 2.75) is 59.5 Å². The molecule has 2 unspecified atom stereocenters. The van der Waals surface area contributed by atoms with Crippen molar-refractivity contribution in [1.82, 2.24) is 9.21 Å². The molecule has 2 atom stereocenters. The first-order valence-electron chi connectivity index (χ1n) is 9.98. The van der Waals surface area contributed by atoms with E-state index in [0.717, 1.165) is 6.42 Å². The Morgan fingerprint density at radius 3 is 2.25 bits per heavy atom. The van der Waals surface area contributed by atoms with Crippen LogP contribution in [-0.4, -0.2) is 74.5 Å². The fourth-order valence-corrected chi connectivity index (χ4v) is 6.80. The predicted molar refractivity (Wildman–Crippen MR) is 108 cm³/mol. The van der Waals surface area contributed by atoms with Gasteiger partial charge in [-0.15, -0.1) is 0 Å². The Hall–Kier alpha value is -0.990. The van der Waals surface area contributed by atoms with Crippen LogP contribution in [0.3, 0.4) is 0 Å². The van der Waals surface area contributed by atoms with Gasteiger partial charge in [-0.05, 0) is 59.0 Å². The Kier molecular flexibility index (Phi) is 6.39. The van der Waals surface area contributed by atoms with Gasteiger partial charge in [-0.1, -0.05) is 13.8 Å². The standard InChI is InChI=1S/C20H36N2O5S/c1-18(2,3)27-17(24)13-22(11-10-21(6)7)28(25,26)14-20-9-8-15(12-16(20)23)19(20,4)5/h15H,8-14H2,1-7H3. The Morgan fingerprint density at radius 2 is 1.82 bits per heavy atom. The zero-order chi connectivity index (χ0) is 21.5. The Labute approximate surface area is 169 Å². The minimum Gasteiger partial charge on any atom is -0.459 e. The molecule has 0 aliphatic heterocycles. The average Bonchev–Trinajstić information content (AvgIpc) is 2.83. The molecule has 0 heterocycles. The van der Waals surface area contributed by atoms with E-state index in [1.54, 1.807) is 20.8 Å². The van der Waals surface area contributed by atoms with Crippen LogP contribution in [0.25, 0.3) is 0 Å². The van der Waals surface area contributed by atoms with Crippen molar-refractivity contribution in [3.8, 4) is 0 Å². The molecule has 2 rings (SSSR count). The number of rotatable bonds is 8. The Morgan fingerprint density at radius 1 is 1.21 bits per heavy atom. The summed E-state index contributed by atoms with van der Waals surface area (Å²) in [6.07, 6.45) is 1.96. The highest BCUT2D eigenvalue weighted by molar-refractivity contribution is 7.89. The van der Waals surface area contributed by atoms with E-state index in [2.05, 4.69) is 0 Å². The van der Waals surface area contributed by atoms with Crippen LogP contribution in [0, 0.1) is 16.7 Å². The summed E-state index contributed by atoms with van der Waals surface area (Å²) in [5, 5.41) is 0. The third-order valence-corrected chi connectivity index (χ3v) is 8.44. The number of carbonyl (C=O) groups excluding carboxylic acids is 2. The molecule has 0 N–H and O–H groups in total. The highest BCUT2D eigenvalue weighted by atomic mass is 32.2. The van der Waals surface area contributed by atoms with Crippen molar-refractivity contribution in [1.29, 1.82) is 0 Å². The van der Waals surface area contributed by atoms with Crippen LogP contribution in [0.5, 0.6) is 0 Å². The molecular formula is C20H36N2O5S. The third kappa shape index (κ3) is 4.60. The topological polar surface area (TPSA) is 84.0 Å². The van der Waals surface area contributed by atoms with Crippen LogP contribution in [0.15, 0.2) is 0 Å². The van der Waals surface area contributed by atoms with Gasteiger partial charge < -0.3 is 9.64 Å². The fourth-order valence-electron chi connectivity index (χ4n) is 4.66. The molecule has 2 saturated carbocycles. The molecule has 28 heavy (non-hydrogen) atoms. The molecule has 7 nitrogen and oxygen atoms in total. The number of hydrogen-bond acceptors (Lipinski definition) is 6. The van der Waals surface area contributed by atoms with Gasteiger partial charge in [-0.2, -0.15) is 4.31 Å². The summed E-state index contributed by atoms with van der Waals surface area (Å²) in [6.45, 7) is 9.62. The number of hydrogen-bond donors (Lipinski definition) is 0. The molecule has 0 aromatic carbocycles. The lowest BCUT2D eigenvalue weighted by atomic mass is 9.70. The number of nitrogens with zero attached hydrogens (tertiary/aromatic N) is 2. The highest BCUT2D eigenvalue weighted by Gasteiger charge is 2.65. The lowest BCUT2D eigenvalue weighted by molar-refractivity contribution is -0.155. The molecule has 2 bridgehead atoms. The number of Topliss-reactive ketones (excluding diaryl/α,β-unsaturated/α-hetero) is 1. The second kappa shape index (κ2) is 7.69. The van der Waals surface area contributed by atoms with Crippen molar-refractivity contribution < 1.29 is 22.7 Å². The second-order valence-electron chi connectivity index (χ2n) is 10.1. The van der Waals surface area contributed by atoms with Crippen LogP contribution in [-0.2, 0) is 24.3 Å². The van der Waals surface area contributed by atoms with Crippen LogP contribution in [0.4, 0.5) is 0 Å². The summed E-state index contributed by atoms with van der Waals surface area (Å²) < 4.78 is 33.3. The lowest BCUT2D eigenvalue weighted by Crippen LogP contribution is -2.49. The SMILES string of the molecule is CN(C)CCN(CC(=O)OC(C)(C)C)S(=O)(=O)CC12CCC(CC1=O)C2(C)C. The first kappa shape index (κ1) is 23.3. The van der Waals surface area contributed by atoms with E-state index in [9.17, 15) is 18.0 Å². The predicted octanol–water partition coefficient (Wildman–Crippen LogP) is 1.92. The minimum atomic E-state index is -3.81. The Bertz CT molecular complexity index is 723. The normalized spacial score (nSPS) is 27.0. The number of ketones is 1. The molecule has 162 valence electrons. The Balaban J connectivity index is 2.25. The number of carbonyl (C=O) groups is 2. The maximum Gasteiger partial charge on any atom is 0.321 e. The largest absolute Gasteiger partial charge is 0.459 e. The van der Waals surface area contributed by atoms with Crippen molar-refractivity contribution in [3.05, 3.63) is 0 Å². The van der Waals surface area contributed by atoms with Crippen LogP contribution in [0.2, 0.25) is 0 Å². The van der Waals surface area contributed by atoms with Crippen molar-refractivity contribution in [2.24, 2.45) is 16.7 Å². The number of sulfonamides is 1. The van der Waals surface area contributed by atoms with E-state index in [1.165, 1.54) is 4.31 Å². The lowest BCUT2D eigenvalue weighted by Gasteiger charge is -2.37. The summed E-state index contributed by atoms with van der Waals surface area (Å²) in [5.74, 6) is -0.495. The van der Waals surface area contributed by atoms with Crippen LogP contribution in [0.1, 0.15) is 53.9 Å². The number of ether oxygens (including phenoxy) is 1. The van der Waals surface area contributed by atoms with E-state index in [1.807, 2.05) is 32.8 Å². The molecule has 0 saturated heterocycles. The molecule has 2 fully saturated rings. The maximum absolute atomic E-state index is 13.4. The monoisotopic (exact) mass is 416 g/mol. The van der Waals surface area contributed by atoms with E-state index in [0.29, 0.717) is 19.4 Å². The number of likely N-dealkylation sites (N-methyl/N-ethyl adjacent to an activating group) is 1. The zero-order valence-corrected chi connectivity index (χ0v) is 19.2. The van der Waals surface area contributed by atoms with E-state index >= 15 is 0 Å². The molecule has 0 aromatic rings. The quantitative estimate of drug-likeness (QED) is 0.562. The molecule has 0 amide bonds. The third-order valence-electron chi connectivity index (χ3n) is 6.48. The van der Waals surface area contributed by atoms with Crippen molar-refractivity contribution in [2.75, 3.05) is 39.5 Å². The first-order valence-corrected chi connectivity index (χ1v) is 11.6. The summed E-state index contributed by atoms with van der Waals surface area (Å²) in [4.78, 5) is 27.0. The summed E-state index contributed by atoms with van der Waals surface area (Å²) in [5.41, 5.74) is -1.87. The van der Waals surface area contributed by atoms with Crippen molar-refractivity contribution in [3.63, 3.8) is 0 Å². The van der Waals surface area contributed by atoms with Gasteiger partial charge in [0.15, 0.2) is 0 Å². The first-order chi connectivity index (χ1) is 12.6. The molecule has 0 spiro atoms. The molecular weight excluding hydrogens is 380 g/mol. The summed E-state index contributed by atoms with van der Waals surface area (Å²) in [6, 6.07) is 0. The second-order valence-corrected chi connectivity index (χ2v) is 12.1. The highest BCUT2D eigenvalue weighted by Crippen LogP contribution is 2.64. The fraction of sp³-hybridized carbons (Fsp3) is 0.900. The van der Waals surface area contributed by atoms with Gasteiger partial charge in [0.25, 0.3) is 0 Å². The van der Waals surface area contributed by atoms with E-state index in [-0.39, 0.29) is 36.0 Å². The molecule has 0 radical (unpaired) electrons. The van der Waals surface area contributed by atoms with Gasteiger partial charge >= 0.3 is 5.97 Å². The molecule has 8 heteroatoms.